The summed E-state index contributed by atoms with van der Waals surface area (Å²) in [6.07, 6.45) is 0.303. The van der Waals surface area contributed by atoms with Gasteiger partial charge in [0.05, 0.1) is 0 Å². The topological polar surface area (TPSA) is 66.5 Å². The zero-order chi connectivity index (χ0) is 9.84. The molecular formula is C9H12FNO2. The average Bonchev–Trinajstić information content (AvgIpc) is 2.09. The molecule has 4 N–H and O–H groups in total. The van der Waals surface area contributed by atoms with Crippen molar-refractivity contribution >= 4 is 0 Å². The van der Waals surface area contributed by atoms with Crippen molar-refractivity contribution in [1.29, 1.82) is 0 Å². The van der Waals surface area contributed by atoms with Gasteiger partial charge in [0.2, 0.25) is 0 Å². The summed E-state index contributed by atoms with van der Waals surface area (Å²) in [5, 5.41) is 17.9. The molecule has 1 aromatic rings. The van der Waals surface area contributed by atoms with Gasteiger partial charge in [-0.2, -0.15) is 0 Å². The van der Waals surface area contributed by atoms with Crippen molar-refractivity contribution in [1.82, 2.24) is 0 Å². The SMILES string of the molecule is N[C@@H](CCO)c1cc(F)ccc1O. The van der Waals surface area contributed by atoms with Gasteiger partial charge < -0.3 is 15.9 Å². The maximum Gasteiger partial charge on any atom is 0.123 e. The normalized spacial score (nSPS) is 12.8. The summed E-state index contributed by atoms with van der Waals surface area (Å²) in [4.78, 5) is 0. The Hall–Kier alpha value is -1.13. The highest BCUT2D eigenvalue weighted by Gasteiger charge is 2.10. The Morgan fingerprint density at radius 1 is 1.46 bits per heavy atom. The van der Waals surface area contributed by atoms with Crippen LogP contribution in [-0.4, -0.2) is 16.8 Å². The Morgan fingerprint density at radius 2 is 2.15 bits per heavy atom. The molecule has 0 bridgehead atoms. The first-order chi connectivity index (χ1) is 6.15. The lowest BCUT2D eigenvalue weighted by molar-refractivity contribution is 0.275. The number of benzene rings is 1. The molecule has 1 atom stereocenters. The summed E-state index contributed by atoms with van der Waals surface area (Å²) in [6.45, 7) is -0.0862. The molecule has 0 spiro atoms. The highest BCUT2D eigenvalue weighted by molar-refractivity contribution is 5.34. The fraction of sp³-hybridized carbons (Fsp3) is 0.333. The van der Waals surface area contributed by atoms with Crippen molar-refractivity contribution in [2.75, 3.05) is 6.61 Å². The number of rotatable bonds is 3. The van der Waals surface area contributed by atoms with Crippen LogP contribution in [0.4, 0.5) is 4.39 Å². The minimum absolute atomic E-state index is 0.0395. The van der Waals surface area contributed by atoms with Crippen molar-refractivity contribution in [3.63, 3.8) is 0 Å². The van der Waals surface area contributed by atoms with E-state index in [1.807, 2.05) is 0 Å². The number of phenols is 1. The van der Waals surface area contributed by atoms with Crippen molar-refractivity contribution in [2.24, 2.45) is 5.73 Å². The highest BCUT2D eigenvalue weighted by atomic mass is 19.1. The summed E-state index contributed by atoms with van der Waals surface area (Å²) < 4.78 is 12.7. The van der Waals surface area contributed by atoms with E-state index in [0.29, 0.717) is 12.0 Å². The van der Waals surface area contributed by atoms with E-state index in [1.165, 1.54) is 12.1 Å². The lowest BCUT2D eigenvalue weighted by Crippen LogP contribution is -2.12. The summed E-state index contributed by atoms with van der Waals surface area (Å²) in [6, 6.07) is 3.06. The molecule has 72 valence electrons. The Labute approximate surface area is 75.6 Å². The van der Waals surface area contributed by atoms with E-state index in [9.17, 15) is 9.50 Å². The van der Waals surface area contributed by atoms with Crippen molar-refractivity contribution in [3.8, 4) is 5.75 Å². The third kappa shape index (κ3) is 2.40. The molecule has 0 aromatic heterocycles. The first kappa shape index (κ1) is 9.95. The van der Waals surface area contributed by atoms with Gasteiger partial charge in [-0.25, -0.2) is 4.39 Å². The highest BCUT2D eigenvalue weighted by Crippen LogP contribution is 2.24. The van der Waals surface area contributed by atoms with Gasteiger partial charge in [0, 0.05) is 18.2 Å². The predicted octanol–water partition coefficient (Wildman–Crippen LogP) is 0.913. The number of aliphatic hydroxyl groups is 1. The van der Waals surface area contributed by atoms with E-state index in [4.69, 9.17) is 10.8 Å². The Kier molecular flexibility index (Phi) is 3.22. The molecule has 0 heterocycles. The van der Waals surface area contributed by atoms with Gasteiger partial charge in [-0.05, 0) is 24.6 Å². The molecule has 4 heteroatoms. The monoisotopic (exact) mass is 185 g/mol. The van der Waals surface area contributed by atoms with Crippen molar-refractivity contribution in [2.45, 2.75) is 12.5 Å². The maximum atomic E-state index is 12.7. The van der Waals surface area contributed by atoms with Crippen LogP contribution in [0.25, 0.3) is 0 Å². The van der Waals surface area contributed by atoms with Crippen molar-refractivity contribution < 1.29 is 14.6 Å². The Balaban J connectivity index is 2.91. The van der Waals surface area contributed by atoms with Crippen LogP contribution in [0.1, 0.15) is 18.0 Å². The Bertz CT molecular complexity index is 291. The van der Waals surface area contributed by atoms with Crippen molar-refractivity contribution in [3.05, 3.63) is 29.6 Å². The molecule has 3 nitrogen and oxygen atoms in total. The van der Waals surface area contributed by atoms with Crippen LogP contribution >= 0.6 is 0 Å². The van der Waals surface area contributed by atoms with E-state index in [1.54, 1.807) is 0 Å². The zero-order valence-electron chi connectivity index (χ0n) is 7.07. The molecule has 0 saturated carbocycles. The summed E-state index contributed by atoms with van der Waals surface area (Å²) in [5.41, 5.74) is 5.92. The van der Waals surface area contributed by atoms with Gasteiger partial charge in [-0.1, -0.05) is 0 Å². The lowest BCUT2D eigenvalue weighted by atomic mass is 10.0. The molecule has 1 rings (SSSR count). The molecule has 1 aromatic carbocycles. The minimum atomic E-state index is -0.527. The number of halogens is 1. The van der Waals surface area contributed by atoms with Crippen LogP contribution < -0.4 is 5.73 Å². The van der Waals surface area contributed by atoms with Crippen LogP contribution in [0.3, 0.4) is 0 Å². The molecule has 0 saturated heterocycles. The van der Waals surface area contributed by atoms with Crippen LogP contribution in [0.2, 0.25) is 0 Å². The summed E-state index contributed by atoms with van der Waals surface area (Å²) in [7, 11) is 0. The van der Waals surface area contributed by atoms with Crippen LogP contribution in [0.5, 0.6) is 5.75 Å². The van der Waals surface area contributed by atoms with Gasteiger partial charge in [0.15, 0.2) is 0 Å². The van der Waals surface area contributed by atoms with Gasteiger partial charge in [0.1, 0.15) is 11.6 Å². The van der Waals surface area contributed by atoms with Crippen LogP contribution in [0, 0.1) is 5.82 Å². The van der Waals surface area contributed by atoms with E-state index in [-0.39, 0.29) is 12.4 Å². The second kappa shape index (κ2) is 4.20. The largest absolute Gasteiger partial charge is 0.508 e. The Morgan fingerprint density at radius 3 is 2.77 bits per heavy atom. The first-order valence-electron chi connectivity index (χ1n) is 4.00. The van der Waals surface area contributed by atoms with Crippen LogP contribution in [-0.2, 0) is 0 Å². The second-order valence-electron chi connectivity index (χ2n) is 2.82. The third-order valence-electron chi connectivity index (χ3n) is 1.83. The summed E-state index contributed by atoms with van der Waals surface area (Å²) >= 11 is 0. The number of nitrogens with two attached hydrogens (primary N) is 1. The van der Waals surface area contributed by atoms with Gasteiger partial charge in [-0.3, -0.25) is 0 Å². The van der Waals surface area contributed by atoms with Gasteiger partial charge in [0.25, 0.3) is 0 Å². The fourth-order valence-electron chi connectivity index (χ4n) is 1.12. The van der Waals surface area contributed by atoms with E-state index < -0.39 is 11.9 Å². The van der Waals surface area contributed by atoms with E-state index in [0.717, 1.165) is 6.07 Å². The molecular weight excluding hydrogens is 173 g/mol. The molecule has 0 radical (unpaired) electrons. The van der Waals surface area contributed by atoms with E-state index in [2.05, 4.69) is 0 Å². The number of aromatic hydroxyl groups is 1. The molecule has 0 aliphatic rings. The predicted molar refractivity (Wildman–Crippen MR) is 46.7 cm³/mol. The standard InChI is InChI=1S/C9H12FNO2/c10-6-1-2-9(13)7(5-6)8(11)3-4-12/h1-2,5,8,12-13H,3-4,11H2/t8-/m0/s1. The lowest BCUT2D eigenvalue weighted by Gasteiger charge is -2.11. The molecule has 0 aliphatic carbocycles. The minimum Gasteiger partial charge on any atom is -0.508 e. The van der Waals surface area contributed by atoms with Crippen LogP contribution in [0.15, 0.2) is 18.2 Å². The molecule has 0 amide bonds. The summed E-state index contributed by atoms with van der Waals surface area (Å²) in [5.74, 6) is -0.483. The van der Waals surface area contributed by atoms with Gasteiger partial charge >= 0.3 is 0 Å². The number of phenolic OH excluding ortho intramolecular Hbond substituents is 1. The first-order valence-corrected chi connectivity index (χ1v) is 4.00. The fourth-order valence-corrected chi connectivity index (χ4v) is 1.12. The van der Waals surface area contributed by atoms with Gasteiger partial charge in [-0.15, -0.1) is 0 Å². The van der Waals surface area contributed by atoms with E-state index >= 15 is 0 Å². The average molecular weight is 185 g/mol. The number of aliphatic hydroxyl groups excluding tert-OH is 1. The molecule has 0 aliphatic heterocycles. The maximum absolute atomic E-state index is 12.7. The molecule has 0 unspecified atom stereocenters. The number of hydrogen-bond acceptors (Lipinski definition) is 3. The molecule has 13 heavy (non-hydrogen) atoms. The zero-order valence-corrected chi connectivity index (χ0v) is 7.07. The third-order valence-corrected chi connectivity index (χ3v) is 1.83. The second-order valence-corrected chi connectivity index (χ2v) is 2.82. The number of hydrogen-bond donors (Lipinski definition) is 3. The molecule has 0 fully saturated rings. The quantitative estimate of drug-likeness (QED) is 0.655. The smallest absolute Gasteiger partial charge is 0.123 e.